The number of anilines is 2. The van der Waals surface area contributed by atoms with E-state index < -0.39 is 0 Å². The summed E-state index contributed by atoms with van der Waals surface area (Å²) < 4.78 is 10.9. The second-order valence-electron chi connectivity index (χ2n) is 4.74. The van der Waals surface area contributed by atoms with E-state index in [1.165, 1.54) is 11.4 Å². The minimum atomic E-state index is 0.468. The Labute approximate surface area is 102 Å². The maximum atomic E-state index is 5.58. The molecular formula is C13H18N2O2. The largest absolute Gasteiger partial charge is 0.497 e. The van der Waals surface area contributed by atoms with Crippen LogP contribution in [-0.4, -0.2) is 40.0 Å². The summed E-state index contributed by atoms with van der Waals surface area (Å²) in [5.41, 5.74) is 2.38. The number of hydrogen-bond donors (Lipinski definition) is 1. The van der Waals surface area contributed by atoms with Crippen LogP contribution in [0.5, 0.6) is 5.75 Å². The minimum absolute atomic E-state index is 0.468. The van der Waals surface area contributed by atoms with Crippen LogP contribution in [0.2, 0.25) is 0 Å². The van der Waals surface area contributed by atoms with E-state index in [4.69, 9.17) is 9.47 Å². The van der Waals surface area contributed by atoms with Gasteiger partial charge in [0, 0.05) is 25.6 Å². The molecule has 0 radical (unpaired) electrons. The van der Waals surface area contributed by atoms with Gasteiger partial charge in [-0.25, -0.2) is 0 Å². The summed E-state index contributed by atoms with van der Waals surface area (Å²) in [6, 6.07) is 6.64. The van der Waals surface area contributed by atoms with Crippen LogP contribution in [0.4, 0.5) is 11.4 Å². The van der Waals surface area contributed by atoms with Crippen LogP contribution in [0.15, 0.2) is 18.2 Å². The van der Waals surface area contributed by atoms with Crippen molar-refractivity contribution in [3.8, 4) is 5.75 Å². The van der Waals surface area contributed by atoms with Gasteiger partial charge in [-0.2, -0.15) is 0 Å². The summed E-state index contributed by atoms with van der Waals surface area (Å²) in [6.45, 7) is 2.65. The Bertz CT molecular complexity index is 422. The first-order chi connectivity index (χ1) is 8.29. The van der Waals surface area contributed by atoms with Crippen LogP contribution in [0.1, 0.15) is 0 Å². The first-order valence-electron chi connectivity index (χ1n) is 6.02. The summed E-state index contributed by atoms with van der Waals surface area (Å²) in [5.74, 6) is 1.47. The standard InChI is InChI=1S/C13H18N2O2/c1-15-12-5-10(16-2)3-4-11(12)14-6-9-7-17-8-13(9)15/h3-5,9,13-14H,6-8H2,1-2H3. The van der Waals surface area contributed by atoms with Gasteiger partial charge < -0.3 is 19.7 Å². The van der Waals surface area contributed by atoms with Crippen molar-refractivity contribution >= 4 is 11.4 Å². The third kappa shape index (κ3) is 1.72. The monoisotopic (exact) mass is 234 g/mol. The van der Waals surface area contributed by atoms with E-state index in [0.29, 0.717) is 12.0 Å². The van der Waals surface area contributed by atoms with Crippen molar-refractivity contribution in [2.45, 2.75) is 6.04 Å². The summed E-state index contributed by atoms with van der Waals surface area (Å²) in [6.07, 6.45) is 0. The van der Waals surface area contributed by atoms with Gasteiger partial charge in [0.15, 0.2) is 0 Å². The number of fused-ring (bicyclic) bond motifs is 2. The van der Waals surface area contributed by atoms with Crippen molar-refractivity contribution in [1.29, 1.82) is 0 Å². The Morgan fingerprint density at radius 2 is 2.29 bits per heavy atom. The van der Waals surface area contributed by atoms with Crippen molar-refractivity contribution in [3.05, 3.63) is 18.2 Å². The molecule has 92 valence electrons. The number of nitrogens with zero attached hydrogens (tertiary/aromatic N) is 1. The molecule has 1 N–H and O–H groups in total. The number of rotatable bonds is 1. The third-order valence-electron chi connectivity index (χ3n) is 3.80. The third-order valence-corrected chi connectivity index (χ3v) is 3.80. The lowest BCUT2D eigenvalue weighted by atomic mass is 10.0. The zero-order valence-electron chi connectivity index (χ0n) is 10.3. The van der Waals surface area contributed by atoms with E-state index in [0.717, 1.165) is 25.5 Å². The lowest BCUT2D eigenvalue weighted by molar-refractivity contribution is 0.185. The van der Waals surface area contributed by atoms with E-state index in [-0.39, 0.29) is 0 Å². The predicted molar refractivity (Wildman–Crippen MR) is 68.0 cm³/mol. The molecule has 2 atom stereocenters. The van der Waals surface area contributed by atoms with E-state index in [1.54, 1.807) is 7.11 Å². The number of likely N-dealkylation sites (N-methyl/N-ethyl adjacent to an activating group) is 1. The van der Waals surface area contributed by atoms with Crippen LogP contribution in [0, 0.1) is 5.92 Å². The van der Waals surface area contributed by atoms with Gasteiger partial charge in [0.25, 0.3) is 0 Å². The van der Waals surface area contributed by atoms with Gasteiger partial charge in [0.05, 0.1) is 37.7 Å². The van der Waals surface area contributed by atoms with Gasteiger partial charge in [0.1, 0.15) is 5.75 Å². The Hall–Kier alpha value is -1.42. The molecule has 0 bridgehead atoms. The molecule has 0 amide bonds. The molecule has 1 fully saturated rings. The molecule has 0 aliphatic carbocycles. The SMILES string of the molecule is COc1ccc2c(c1)N(C)C1COCC1CN2. The van der Waals surface area contributed by atoms with E-state index >= 15 is 0 Å². The molecule has 1 saturated heterocycles. The predicted octanol–water partition coefficient (Wildman–Crippen LogP) is 1.57. The summed E-state index contributed by atoms with van der Waals surface area (Å²) >= 11 is 0. The number of methoxy groups -OCH3 is 1. The molecule has 1 aromatic carbocycles. The van der Waals surface area contributed by atoms with Gasteiger partial charge in [-0.3, -0.25) is 0 Å². The zero-order valence-corrected chi connectivity index (χ0v) is 10.3. The zero-order chi connectivity index (χ0) is 11.8. The molecule has 0 saturated carbocycles. The second kappa shape index (κ2) is 4.11. The van der Waals surface area contributed by atoms with Crippen LogP contribution in [0.25, 0.3) is 0 Å². The smallest absolute Gasteiger partial charge is 0.121 e. The fourth-order valence-corrected chi connectivity index (χ4v) is 2.71. The van der Waals surface area contributed by atoms with Crippen molar-refractivity contribution < 1.29 is 9.47 Å². The van der Waals surface area contributed by atoms with Crippen LogP contribution >= 0.6 is 0 Å². The Morgan fingerprint density at radius 1 is 1.41 bits per heavy atom. The Morgan fingerprint density at radius 3 is 3.12 bits per heavy atom. The average molecular weight is 234 g/mol. The molecule has 2 aliphatic rings. The van der Waals surface area contributed by atoms with Gasteiger partial charge in [-0.05, 0) is 12.1 Å². The maximum Gasteiger partial charge on any atom is 0.121 e. The van der Waals surface area contributed by atoms with Crippen LogP contribution in [-0.2, 0) is 4.74 Å². The number of nitrogens with one attached hydrogen (secondary N) is 1. The van der Waals surface area contributed by atoms with Gasteiger partial charge >= 0.3 is 0 Å². The Kier molecular flexibility index (Phi) is 2.59. The average Bonchev–Trinajstić information content (AvgIpc) is 2.79. The van der Waals surface area contributed by atoms with Crippen LogP contribution < -0.4 is 15.0 Å². The lowest BCUT2D eigenvalue weighted by Gasteiger charge is -2.27. The molecule has 3 rings (SSSR count). The molecule has 4 heteroatoms. The fraction of sp³-hybridized carbons (Fsp3) is 0.538. The molecule has 0 spiro atoms. The number of hydrogen-bond acceptors (Lipinski definition) is 4. The first kappa shape index (κ1) is 10.7. The fourth-order valence-electron chi connectivity index (χ4n) is 2.71. The van der Waals surface area contributed by atoms with Gasteiger partial charge in [0.2, 0.25) is 0 Å². The lowest BCUT2D eigenvalue weighted by Crippen LogP contribution is -2.37. The number of benzene rings is 1. The van der Waals surface area contributed by atoms with Crippen molar-refractivity contribution in [2.24, 2.45) is 5.92 Å². The topological polar surface area (TPSA) is 33.7 Å². The second-order valence-corrected chi connectivity index (χ2v) is 4.74. The van der Waals surface area contributed by atoms with E-state index in [1.807, 2.05) is 6.07 Å². The van der Waals surface area contributed by atoms with Crippen LogP contribution in [0.3, 0.4) is 0 Å². The van der Waals surface area contributed by atoms with Gasteiger partial charge in [-0.15, -0.1) is 0 Å². The summed E-state index contributed by atoms with van der Waals surface area (Å²) in [5, 5.41) is 3.50. The van der Waals surface area contributed by atoms with E-state index in [2.05, 4.69) is 29.4 Å². The summed E-state index contributed by atoms with van der Waals surface area (Å²) in [7, 11) is 3.84. The normalized spacial score (nSPS) is 26.8. The van der Waals surface area contributed by atoms with Crippen molar-refractivity contribution in [3.63, 3.8) is 0 Å². The van der Waals surface area contributed by atoms with Crippen molar-refractivity contribution in [2.75, 3.05) is 44.1 Å². The highest BCUT2D eigenvalue weighted by Crippen LogP contribution is 2.36. The summed E-state index contributed by atoms with van der Waals surface area (Å²) in [4.78, 5) is 2.32. The molecule has 17 heavy (non-hydrogen) atoms. The maximum absolute atomic E-state index is 5.58. The van der Waals surface area contributed by atoms with Crippen molar-refractivity contribution in [1.82, 2.24) is 0 Å². The highest BCUT2D eigenvalue weighted by Gasteiger charge is 2.34. The highest BCUT2D eigenvalue weighted by molar-refractivity contribution is 5.73. The Balaban J connectivity index is 1.99. The van der Waals surface area contributed by atoms with Gasteiger partial charge in [-0.1, -0.05) is 0 Å². The first-order valence-corrected chi connectivity index (χ1v) is 6.02. The molecule has 2 aliphatic heterocycles. The molecule has 0 aromatic heterocycles. The molecule has 4 nitrogen and oxygen atoms in total. The molecule has 2 heterocycles. The minimum Gasteiger partial charge on any atom is -0.497 e. The van der Waals surface area contributed by atoms with E-state index in [9.17, 15) is 0 Å². The quantitative estimate of drug-likeness (QED) is 0.799. The molecule has 1 aromatic rings. The molecular weight excluding hydrogens is 216 g/mol. The molecule has 2 unspecified atom stereocenters. The number of ether oxygens (including phenoxy) is 2. The highest BCUT2D eigenvalue weighted by atomic mass is 16.5.